The van der Waals surface area contributed by atoms with Crippen molar-refractivity contribution in [3.8, 4) is 0 Å². The summed E-state index contributed by atoms with van der Waals surface area (Å²) in [4.78, 5) is 14.9. The van der Waals surface area contributed by atoms with Crippen molar-refractivity contribution in [2.75, 3.05) is 11.1 Å². The molecule has 0 unspecified atom stereocenters. The predicted octanol–water partition coefficient (Wildman–Crippen LogP) is 2.74. The number of nitrogen functional groups attached to an aromatic ring is 1. The molecule has 0 aliphatic heterocycles. The SMILES string of the molecule is CC1(C)CCC(Nc2ncc(C(=O)O)cc2N)CC1. The molecule has 4 N–H and O–H groups in total. The molecule has 1 aliphatic rings. The van der Waals surface area contributed by atoms with Crippen LogP contribution in [0.25, 0.3) is 0 Å². The predicted molar refractivity (Wildman–Crippen MR) is 75.3 cm³/mol. The highest BCUT2D eigenvalue weighted by molar-refractivity contribution is 5.89. The molecule has 19 heavy (non-hydrogen) atoms. The number of carboxylic acid groups (broad SMARTS) is 1. The smallest absolute Gasteiger partial charge is 0.337 e. The summed E-state index contributed by atoms with van der Waals surface area (Å²) in [6, 6.07) is 1.82. The molecule has 0 radical (unpaired) electrons. The van der Waals surface area contributed by atoms with Crippen LogP contribution in [0, 0.1) is 5.41 Å². The summed E-state index contributed by atoms with van der Waals surface area (Å²) in [7, 11) is 0. The van der Waals surface area contributed by atoms with Gasteiger partial charge in [0.2, 0.25) is 0 Å². The van der Waals surface area contributed by atoms with E-state index in [0.717, 1.165) is 12.8 Å². The molecule has 1 aromatic rings. The van der Waals surface area contributed by atoms with Crippen LogP contribution in [-0.2, 0) is 0 Å². The van der Waals surface area contributed by atoms with Gasteiger partial charge in [-0.05, 0) is 37.2 Å². The fourth-order valence-corrected chi connectivity index (χ4v) is 2.46. The molecule has 5 nitrogen and oxygen atoms in total. The van der Waals surface area contributed by atoms with Gasteiger partial charge in [0.05, 0.1) is 11.3 Å². The van der Waals surface area contributed by atoms with Gasteiger partial charge in [-0.25, -0.2) is 9.78 Å². The van der Waals surface area contributed by atoms with E-state index >= 15 is 0 Å². The number of hydrogen-bond acceptors (Lipinski definition) is 4. The lowest BCUT2D eigenvalue weighted by Crippen LogP contribution is -2.30. The van der Waals surface area contributed by atoms with E-state index in [1.54, 1.807) is 0 Å². The minimum atomic E-state index is -1.01. The molecule has 0 saturated heterocycles. The van der Waals surface area contributed by atoms with Gasteiger partial charge < -0.3 is 16.2 Å². The van der Waals surface area contributed by atoms with Crippen molar-refractivity contribution < 1.29 is 9.90 Å². The van der Waals surface area contributed by atoms with Crippen molar-refractivity contribution >= 4 is 17.5 Å². The Hall–Kier alpha value is -1.78. The number of aromatic carboxylic acids is 1. The molecular weight excluding hydrogens is 242 g/mol. The first-order valence-electron chi connectivity index (χ1n) is 6.63. The maximum atomic E-state index is 10.8. The Labute approximate surface area is 113 Å². The van der Waals surface area contributed by atoms with Crippen LogP contribution in [0.1, 0.15) is 49.9 Å². The van der Waals surface area contributed by atoms with Crippen molar-refractivity contribution in [2.24, 2.45) is 5.41 Å². The Morgan fingerprint density at radius 3 is 2.63 bits per heavy atom. The van der Waals surface area contributed by atoms with Crippen LogP contribution in [0.3, 0.4) is 0 Å². The van der Waals surface area contributed by atoms with Crippen LogP contribution in [-0.4, -0.2) is 22.1 Å². The minimum absolute atomic E-state index is 0.118. The Balaban J connectivity index is 2.02. The van der Waals surface area contributed by atoms with Crippen LogP contribution >= 0.6 is 0 Å². The number of aromatic nitrogens is 1. The Morgan fingerprint density at radius 1 is 1.47 bits per heavy atom. The number of nitrogens with two attached hydrogens (primary N) is 1. The fourth-order valence-electron chi connectivity index (χ4n) is 2.46. The van der Waals surface area contributed by atoms with Crippen LogP contribution in [0.4, 0.5) is 11.5 Å². The van der Waals surface area contributed by atoms with Crippen LogP contribution < -0.4 is 11.1 Å². The topological polar surface area (TPSA) is 88.2 Å². The second-order valence-corrected chi connectivity index (χ2v) is 6.05. The highest BCUT2D eigenvalue weighted by atomic mass is 16.4. The maximum Gasteiger partial charge on any atom is 0.337 e. The maximum absolute atomic E-state index is 10.8. The van der Waals surface area contributed by atoms with Gasteiger partial charge in [-0.2, -0.15) is 0 Å². The Bertz CT molecular complexity index is 476. The Kier molecular flexibility index (Phi) is 3.64. The molecule has 104 valence electrons. The third kappa shape index (κ3) is 3.36. The average molecular weight is 263 g/mol. The van der Waals surface area contributed by atoms with Crippen LogP contribution in [0.2, 0.25) is 0 Å². The number of pyridine rings is 1. The van der Waals surface area contributed by atoms with E-state index in [1.165, 1.54) is 25.1 Å². The highest BCUT2D eigenvalue weighted by Gasteiger charge is 2.27. The molecule has 1 fully saturated rings. The zero-order valence-electron chi connectivity index (χ0n) is 11.4. The van der Waals surface area contributed by atoms with Gasteiger partial charge in [0.1, 0.15) is 5.82 Å². The van der Waals surface area contributed by atoms with Crippen molar-refractivity contribution in [3.05, 3.63) is 17.8 Å². The van der Waals surface area contributed by atoms with E-state index in [4.69, 9.17) is 10.8 Å². The van der Waals surface area contributed by atoms with Crippen molar-refractivity contribution in [1.29, 1.82) is 0 Å². The first kappa shape index (κ1) is 13.6. The van der Waals surface area contributed by atoms with Gasteiger partial charge in [0.15, 0.2) is 0 Å². The van der Waals surface area contributed by atoms with Crippen molar-refractivity contribution in [3.63, 3.8) is 0 Å². The number of carboxylic acids is 1. The van der Waals surface area contributed by atoms with Crippen LogP contribution in [0.5, 0.6) is 0 Å². The lowest BCUT2D eigenvalue weighted by molar-refractivity contribution is 0.0696. The molecule has 5 heteroatoms. The Morgan fingerprint density at radius 2 is 2.11 bits per heavy atom. The standard InChI is InChI=1S/C14H21N3O2/c1-14(2)5-3-10(4-6-14)17-12-11(15)7-9(8-16-12)13(18)19/h7-8,10H,3-6,15H2,1-2H3,(H,16,17)(H,18,19). The molecule has 0 amide bonds. The van der Waals surface area contributed by atoms with Gasteiger partial charge in [-0.3, -0.25) is 0 Å². The van der Waals surface area contributed by atoms with E-state index in [-0.39, 0.29) is 5.56 Å². The normalized spacial score (nSPS) is 19.1. The third-order valence-corrected chi connectivity index (χ3v) is 3.84. The summed E-state index contributed by atoms with van der Waals surface area (Å²) >= 11 is 0. The lowest BCUT2D eigenvalue weighted by atomic mass is 9.75. The summed E-state index contributed by atoms with van der Waals surface area (Å²) < 4.78 is 0. The van der Waals surface area contributed by atoms with E-state index in [2.05, 4.69) is 24.1 Å². The fraction of sp³-hybridized carbons (Fsp3) is 0.571. The van der Waals surface area contributed by atoms with Gasteiger partial charge in [0.25, 0.3) is 0 Å². The third-order valence-electron chi connectivity index (χ3n) is 3.84. The highest BCUT2D eigenvalue weighted by Crippen LogP contribution is 2.36. The summed E-state index contributed by atoms with van der Waals surface area (Å²) in [6.45, 7) is 4.58. The molecular formula is C14H21N3O2. The minimum Gasteiger partial charge on any atom is -0.478 e. The monoisotopic (exact) mass is 263 g/mol. The van der Waals surface area contributed by atoms with E-state index < -0.39 is 5.97 Å². The molecule has 2 rings (SSSR count). The molecule has 1 heterocycles. The van der Waals surface area contributed by atoms with Crippen molar-refractivity contribution in [1.82, 2.24) is 4.98 Å². The van der Waals surface area contributed by atoms with Gasteiger partial charge in [-0.1, -0.05) is 13.8 Å². The zero-order valence-corrected chi connectivity index (χ0v) is 11.4. The van der Waals surface area contributed by atoms with E-state index in [9.17, 15) is 4.79 Å². The van der Waals surface area contributed by atoms with Gasteiger partial charge >= 0.3 is 5.97 Å². The largest absolute Gasteiger partial charge is 0.478 e. The number of rotatable bonds is 3. The van der Waals surface area contributed by atoms with E-state index in [0.29, 0.717) is 23.0 Å². The quantitative estimate of drug-likeness (QED) is 0.780. The molecule has 0 spiro atoms. The van der Waals surface area contributed by atoms with Gasteiger partial charge in [-0.15, -0.1) is 0 Å². The first-order chi connectivity index (χ1) is 8.87. The number of nitrogens with one attached hydrogen (secondary N) is 1. The molecule has 1 aliphatic carbocycles. The second kappa shape index (κ2) is 5.07. The van der Waals surface area contributed by atoms with E-state index in [1.807, 2.05) is 0 Å². The molecule has 0 aromatic carbocycles. The average Bonchev–Trinajstić information content (AvgIpc) is 2.34. The molecule has 0 atom stereocenters. The lowest BCUT2D eigenvalue weighted by Gasteiger charge is -2.35. The summed E-state index contributed by atoms with van der Waals surface area (Å²) in [5, 5.41) is 12.2. The summed E-state index contributed by atoms with van der Waals surface area (Å²) in [6.07, 6.45) is 5.88. The number of hydrogen-bond donors (Lipinski definition) is 3. The first-order valence-corrected chi connectivity index (χ1v) is 6.63. The number of carbonyl (C=O) groups is 1. The number of nitrogens with zero attached hydrogens (tertiary/aromatic N) is 1. The second-order valence-electron chi connectivity index (χ2n) is 6.05. The van der Waals surface area contributed by atoms with Crippen molar-refractivity contribution in [2.45, 2.75) is 45.6 Å². The van der Waals surface area contributed by atoms with Gasteiger partial charge in [0, 0.05) is 12.2 Å². The molecule has 1 aromatic heterocycles. The molecule has 1 saturated carbocycles. The summed E-state index contributed by atoms with van der Waals surface area (Å²) in [5.41, 5.74) is 6.77. The van der Waals surface area contributed by atoms with Crippen LogP contribution in [0.15, 0.2) is 12.3 Å². The number of anilines is 2. The summed E-state index contributed by atoms with van der Waals surface area (Å²) in [5.74, 6) is -0.417. The zero-order chi connectivity index (χ0) is 14.0. The molecule has 0 bridgehead atoms.